The van der Waals surface area contributed by atoms with E-state index in [-0.39, 0.29) is 45.1 Å². The van der Waals surface area contributed by atoms with Crippen LogP contribution in [0.2, 0.25) is 0 Å². The number of ether oxygens (including phenoxy) is 1. The largest absolute Gasteiger partial charge is 0.454 e. The minimum atomic E-state index is -0.780. The third-order valence-electron chi connectivity index (χ3n) is 6.45. The summed E-state index contributed by atoms with van der Waals surface area (Å²) in [6.07, 6.45) is 0.826. The van der Waals surface area contributed by atoms with E-state index in [9.17, 15) is 19.2 Å². The predicted molar refractivity (Wildman–Crippen MR) is 124 cm³/mol. The van der Waals surface area contributed by atoms with Crippen LogP contribution in [0.3, 0.4) is 0 Å². The van der Waals surface area contributed by atoms with Crippen molar-refractivity contribution in [1.29, 1.82) is 0 Å². The van der Waals surface area contributed by atoms with Crippen LogP contribution in [0.25, 0.3) is 0 Å². The van der Waals surface area contributed by atoms with E-state index in [0.717, 1.165) is 26.9 Å². The van der Waals surface area contributed by atoms with Crippen LogP contribution < -0.4 is 5.32 Å². The van der Waals surface area contributed by atoms with Gasteiger partial charge in [0.2, 0.25) is 11.8 Å². The second-order valence-corrected chi connectivity index (χ2v) is 11.3. The fourth-order valence-corrected chi connectivity index (χ4v) is 7.20. The van der Waals surface area contributed by atoms with Gasteiger partial charge in [-0.2, -0.15) is 0 Å². The Labute approximate surface area is 205 Å². The Balaban J connectivity index is 1.32. The molecule has 1 aromatic rings. The molecule has 4 rings (SSSR count). The van der Waals surface area contributed by atoms with Crippen molar-refractivity contribution in [2.45, 2.75) is 29.9 Å². The number of likely N-dealkylation sites (tertiary alicyclic amines) is 1. The number of hydrogen-bond acceptors (Lipinski definition) is 5. The van der Waals surface area contributed by atoms with E-state index in [0.29, 0.717) is 5.69 Å². The molecule has 2 aliphatic carbocycles. The number of rotatable bonds is 5. The number of anilines is 1. The highest BCUT2D eigenvalue weighted by Gasteiger charge is 2.66. The maximum atomic E-state index is 12.8. The topological polar surface area (TPSA) is 92.8 Å². The monoisotopic (exact) mass is 618 g/mol. The molecule has 1 saturated heterocycles. The van der Waals surface area contributed by atoms with Crippen molar-refractivity contribution in [3.63, 3.8) is 0 Å². The van der Waals surface area contributed by atoms with Crippen molar-refractivity contribution in [3.8, 4) is 0 Å². The molecule has 3 fully saturated rings. The van der Waals surface area contributed by atoms with E-state index in [1.807, 2.05) is 13.8 Å². The van der Waals surface area contributed by atoms with Crippen LogP contribution in [-0.2, 0) is 23.9 Å². The minimum absolute atomic E-state index is 0.0837. The van der Waals surface area contributed by atoms with Gasteiger partial charge in [0.05, 0.1) is 11.8 Å². The first-order chi connectivity index (χ1) is 14.6. The standard InChI is InChI=1S/C21H21Br3N2O5/c1-8-3-10(4-9(2)17(8)22)25-13(27)7-31-14(28)6-26-20(29)15-11-5-12(16(15)21(26)30)19(24)18(11)23/h3-4,11-12,15-16,18-19H,5-7H2,1-2H3,(H,25,27)/t11-,12-,15-,16-,18+,19+/m1/s1. The Morgan fingerprint density at radius 3 is 2.10 bits per heavy atom. The molecule has 1 aliphatic heterocycles. The van der Waals surface area contributed by atoms with E-state index in [1.165, 1.54) is 0 Å². The van der Waals surface area contributed by atoms with Crippen LogP contribution in [0.15, 0.2) is 16.6 Å². The summed E-state index contributed by atoms with van der Waals surface area (Å²) in [5, 5.41) is 2.68. The Hall–Kier alpha value is -1.26. The van der Waals surface area contributed by atoms with E-state index >= 15 is 0 Å². The lowest BCUT2D eigenvalue weighted by molar-refractivity contribution is -0.154. The van der Waals surface area contributed by atoms with Gasteiger partial charge in [-0.3, -0.25) is 24.1 Å². The zero-order valence-electron chi connectivity index (χ0n) is 16.9. The van der Waals surface area contributed by atoms with Crippen molar-refractivity contribution in [2.24, 2.45) is 23.7 Å². The van der Waals surface area contributed by atoms with Crippen LogP contribution in [0.4, 0.5) is 5.69 Å². The summed E-state index contributed by atoms with van der Waals surface area (Å²) in [5.41, 5.74) is 2.53. The Bertz CT molecular complexity index is 929. The highest BCUT2D eigenvalue weighted by molar-refractivity contribution is 9.12. The van der Waals surface area contributed by atoms with Crippen LogP contribution in [0, 0.1) is 37.5 Å². The number of hydrogen-bond donors (Lipinski definition) is 1. The molecule has 0 radical (unpaired) electrons. The van der Waals surface area contributed by atoms with Crippen LogP contribution >= 0.6 is 47.8 Å². The van der Waals surface area contributed by atoms with Gasteiger partial charge in [-0.1, -0.05) is 47.8 Å². The van der Waals surface area contributed by atoms with Gasteiger partial charge in [-0.25, -0.2) is 0 Å². The molecule has 2 saturated carbocycles. The molecule has 3 aliphatic rings. The van der Waals surface area contributed by atoms with E-state index in [2.05, 4.69) is 53.1 Å². The number of imide groups is 1. The molecule has 6 atom stereocenters. The van der Waals surface area contributed by atoms with Gasteiger partial charge < -0.3 is 10.1 Å². The molecule has 7 nitrogen and oxygen atoms in total. The normalized spacial score (nSPS) is 31.2. The lowest BCUT2D eigenvalue weighted by Gasteiger charge is -2.28. The first-order valence-corrected chi connectivity index (χ1v) is 12.6. The Morgan fingerprint density at radius 2 is 1.58 bits per heavy atom. The number of esters is 1. The van der Waals surface area contributed by atoms with E-state index in [4.69, 9.17) is 4.74 Å². The minimum Gasteiger partial charge on any atom is -0.454 e. The van der Waals surface area contributed by atoms with Gasteiger partial charge in [0.1, 0.15) is 6.54 Å². The quantitative estimate of drug-likeness (QED) is 0.310. The fraction of sp³-hybridized carbons (Fsp3) is 0.524. The fourth-order valence-electron chi connectivity index (χ4n) is 5.10. The molecular weight excluding hydrogens is 600 g/mol. The number of nitrogens with one attached hydrogen (secondary N) is 1. The molecule has 0 aromatic heterocycles. The Kier molecular flexibility index (Phi) is 6.35. The molecule has 1 heterocycles. The summed E-state index contributed by atoms with van der Waals surface area (Å²) in [4.78, 5) is 51.3. The number of benzene rings is 1. The molecule has 3 amide bonds. The summed E-state index contributed by atoms with van der Waals surface area (Å²) in [6, 6.07) is 3.61. The lowest BCUT2D eigenvalue weighted by atomic mass is 9.81. The molecule has 10 heteroatoms. The predicted octanol–water partition coefficient (Wildman–Crippen LogP) is 3.33. The highest BCUT2D eigenvalue weighted by Crippen LogP contribution is 2.60. The van der Waals surface area contributed by atoms with Crippen LogP contribution in [0.1, 0.15) is 17.5 Å². The summed E-state index contributed by atoms with van der Waals surface area (Å²) in [7, 11) is 0. The van der Waals surface area contributed by atoms with E-state index < -0.39 is 25.0 Å². The van der Waals surface area contributed by atoms with Crippen molar-refractivity contribution in [1.82, 2.24) is 4.90 Å². The molecule has 0 unspecified atom stereocenters. The number of halogens is 3. The Morgan fingerprint density at radius 1 is 1.06 bits per heavy atom. The first kappa shape index (κ1) is 22.9. The van der Waals surface area contributed by atoms with Gasteiger partial charge >= 0.3 is 5.97 Å². The molecule has 0 spiro atoms. The summed E-state index contributed by atoms with van der Waals surface area (Å²) < 4.78 is 5.99. The lowest BCUT2D eigenvalue weighted by Crippen LogP contribution is -2.38. The van der Waals surface area contributed by atoms with Crippen LogP contribution in [0.5, 0.6) is 0 Å². The first-order valence-electron chi connectivity index (χ1n) is 9.95. The van der Waals surface area contributed by atoms with E-state index in [1.54, 1.807) is 12.1 Å². The molecule has 2 bridgehead atoms. The van der Waals surface area contributed by atoms with Gasteiger partial charge in [-0.15, -0.1) is 0 Å². The number of alkyl halides is 2. The average molecular weight is 621 g/mol. The second kappa shape index (κ2) is 8.59. The molecule has 1 N–H and O–H groups in total. The van der Waals surface area contributed by atoms with Crippen molar-refractivity contribution < 1.29 is 23.9 Å². The SMILES string of the molecule is Cc1cc(NC(=O)COC(=O)CN2C(=O)[C@@H]3[C@H]4C[C@@H]([C@H](Br)[C@H]4Br)[C@H]3C2=O)cc(C)c1Br. The highest BCUT2D eigenvalue weighted by atomic mass is 79.9. The van der Waals surface area contributed by atoms with Gasteiger partial charge in [0.25, 0.3) is 5.91 Å². The summed E-state index contributed by atoms with van der Waals surface area (Å²) >= 11 is 10.7. The zero-order valence-corrected chi connectivity index (χ0v) is 21.6. The van der Waals surface area contributed by atoms with Crippen molar-refractivity contribution in [3.05, 3.63) is 27.7 Å². The zero-order chi connectivity index (χ0) is 22.6. The average Bonchev–Trinajstić information content (AvgIpc) is 3.31. The molecule has 31 heavy (non-hydrogen) atoms. The molecular formula is C21H21Br3N2O5. The van der Waals surface area contributed by atoms with Crippen molar-refractivity contribution in [2.75, 3.05) is 18.5 Å². The number of carbonyl (C=O) groups excluding carboxylic acids is 4. The molecule has 166 valence electrons. The van der Waals surface area contributed by atoms with Gasteiger partial charge in [0, 0.05) is 19.8 Å². The van der Waals surface area contributed by atoms with Gasteiger partial charge in [0.15, 0.2) is 6.61 Å². The van der Waals surface area contributed by atoms with Crippen molar-refractivity contribution >= 4 is 77.2 Å². The maximum absolute atomic E-state index is 12.8. The third-order valence-corrected chi connectivity index (χ3v) is 10.9. The summed E-state index contributed by atoms with van der Waals surface area (Å²) in [6.45, 7) is 2.87. The number of nitrogens with zero attached hydrogens (tertiary/aromatic N) is 1. The number of amides is 3. The summed E-state index contributed by atoms with van der Waals surface area (Å²) in [5.74, 6) is -2.49. The number of fused-ring (bicyclic) bond motifs is 5. The van der Waals surface area contributed by atoms with Crippen LogP contribution in [-0.4, -0.2) is 51.4 Å². The second-order valence-electron chi connectivity index (χ2n) is 8.40. The number of carbonyl (C=O) groups is 4. The third kappa shape index (κ3) is 3.99. The molecule has 1 aromatic carbocycles. The number of aryl methyl sites for hydroxylation is 2. The maximum Gasteiger partial charge on any atom is 0.326 e. The smallest absolute Gasteiger partial charge is 0.326 e. The van der Waals surface area contributed by atoms with Gasteiger partial charge in [-0.05, 0) is 55.4 Å².